The number of pyridine rings is 1. The van der Waals surface area contributed by atoms with Gasteiger partial charge in [-0.15, -0.1) is 0 Å². The van der Waals surface area contributed by atoms with E-state index in [4.69, 9.17) is 16.3 Å². The van der Waals surface area contributed by atoms with Gasteiger partial charge in [-0.1, -0.05) is 17.7 Å². The number of hydrogen-bond acceptors (Lipinski definition) is 5. The molecule has 7 heteroatoms. The largest absolute Gasteiger partial charge is 0.474 e. The SMILES string of the molecule is Cc1cccnc1OC1CCN(c2ncnc(Cl)c2F)CC1. The Bertz CT molecular complexity index is 662. The fourth-order valence-electron chi connectivity index (χ4n) is 2.50. The van der Waals surface area contributed by atoms with E-state index in [0.717, 1.165) is 18.4 Å². The quantitative estimate of drug-likeness (QED) is 0.813. The third-order valence-corrected chi connectivity index (χ3v) is 3.97. The van der Waals surface area contributed by atoms with Crippen LogP contribution in [0.4, 0.5) is 10.2 Å². The number of ether oxygens (including phenoxy) is 1. The molecule has 2 aromatic heterocycles. The highest BCUT2D eigenvalue weighted by atomic mass is 35.5. The predicted octanol–water partition coefficient (Wildman–Crippen LogP) is 3.02. The summed E-state index contributed by atoms with van der Waals surface area (Å²) in [5.41, 5.74) is 1.01. The summed E-state index contributed by atoms with van der Waals surface area (Å²) in [6.07, 6.45) is 4.62. The van der Waals surface area contributed by atoms with Gasteiger partial charge in [0.2, 0.25) is 11.7 Å². The van der Waals surface area contributed by atoms with Gasteiger partial charge in [-0.25, -0.2) is 15.0 Å². The summed E-state index contributed by atoms with van der Waals surface area (Å²) < 4.78 is 19.9. The zero-order valence-corrected chi connectivity index (χ0v) is 12.9. The van der Waals surface area contributed by atoms with Crippen LogP contribution in [0.25, 0.3) is 0 Å². The van der Waals surface area contributed by atoms with Crippen molar-refractivity contribution >= 4 is 17.4 Å². The van der Waals surface area contributed by atoms with E-state index in [1.807, 2.05) is 24.0 Å². The molecule has 22 heavy (non-hydrogen) atoms. The van der Waals surface area contributed by atoms with Crippen molar-refractivity contribution in [2.24, 2.45) is 0 Å². The highest BCUT2D eigenvalue weighted by molar-refractivity contribution is 6.29. The first kappa shape index (κ1) is 15.0. The first-order valence-corrected chi connectivity index (χ1v) is 7.52. The van der Waals surface area contributed by atoms with Gasteiger partial charge < -0.3 is 9.64 Å². The lowest BCUT2D eigenvalue weighted by molar-refractivity contribution is 0.162. The Labute approximate surface area is 133 Å². The van der Waals surface area contributed by atoms with Gasteiger partial charge in [0.1, 0.15) is 12.4 Å². The molecule has 1 fully saturated rings. The van der Waals surface area contributed by atoms with Gasteiger partial charge >= 0.3 is 0 Å². The second-order valence-electron chi connectivity index (χ2n) is 5.23. The van der Waals surface area contributed by atoms with Gasteiger partial charge in [0, 0.05) is 37.7 Å². The van der Waals surface area contributed by atoms with Crippen molar-refractivity contribution in [1.29, 1.82) is 0 Å². The number of anilines is 1. The van der Waals surface area contributed by atoms with Crippen LogP contribution in [0, 0.1) is 12.7 Å². The molecule has 0 aliphatic carbocycles. The van der Waals surface area contributed by atoms with E-state index in [1.54, 1.807) is 6.20 Å². The summed E-state index contributed by atoms with van der Waals surface area (Å²) in [5, 5.41) is -0.146. The maximum Gasteiger partial charge on any atom is 0.216 e. The van der Waals surface area contributed by atoms with Crippen LogP contribution in [0.1, 0.15) is 18.4 Å². The number of halogens is 2. The molecule has 116 valence electrons. The first-order valence-electron chi connectivity index (χ1n) is 7.14. The molecule has 0 amide bonds. The minimum atomic E-state index is -0.566. The molecule has 1 aliphatic rings. The zero-order chi connectivity index (χ0) is 15.5. The fraction of sp³-hybridized carbons (Fsp3) is 0.400. The lowest BCUT2D eigenvalue weighted by Gasteiger charge is -2.32. The summed E-state index contributed by atoms with van der Waals surface area (Å²) in [7, 11) is 0. The summed E-state index contributed by atoms with van der Waals surface area (Å²) in [5.74, 6) is 0.355. The number of nitrogens with zero attached hydrogens (tertiary/aromatic N) is 4. The highest BCUT2D eigenvalue weighted by Gasteiger charge is 2.25. The molecule has 0 radical (unpaired) electrons. The Kier molecular flexibility index (Phi) is 4.38. The molecule has 3 rings (SSSR count). The molecule has 0 spiro atoms. The van der Waals surface area contributed by atoms with Crippen LogP contribution in [0.2, 0.25) is 5.15 Å². The average Bonchev–Trinajstić information content (AvgIpc) is 2.53. The number of aromatic nitrogens is 3. The molecule has 2 aromatic rings. The lowest BCUT2D eigenvalue weighted by atomic mass is 10.1. The van der Waals surface area contributed by atoms with Crippen molar-refractivity contribution in [3.8, 4) is 5.88 Å². The minimum absolute atomic E-state index is 0.0743. The van der Waals surface area contributed by atoms with Crippen LogP contribution in [-0.4, -0.2) is 34.1 Å². The molecule has 0 unspecified atom stereocenters. The van der Waals surface area contributed by atoms with E-state index >= 15 is 0 Å². The number of rotatable bonds is 3. The predicted molar refractivity (Wildman–Crippen MR) is 81.8 cm³/mol. The molecule has 5 nitrogen and oxygen atoms in total. The first-order chi connectivity index (χ1) is 10.6. The average molecular weight is 323 g/mol. The summed E-state index contributed by atoms with van der Waals surface area (Å²) in [6.45, 7) is 3.28. The van der Waals surface area contributed by atoms with Crippen LogP contribution < -0.4 is 9.64 Å². The number of aryl methyl sites for hydroxylation is 1. The third-order valence-electron chi connectivity index (χ3n) is 3.71. The minimum Gasteiger partial charge on any atom is -0.474 e. The molecule has 1 aliphatic heterocycles. The monoisotopic (exact) mass is 322 g/mol. The van der Waals surface area contributed by atoms with Crippen LogP contribution in [-0.2, 0) is 0 Å². The molecule has 0 N–H and O–H groups in total. The molecule has 3 heterocycles. The summed E-state index contributed by atoms with van der Waals surface area (Å²) in [6, 6.07) is 3.85. The summed E-state index contributed by atoms with van der Waals surface area (Å²) >= 11 is 5.70. The van der Waals surface area contributed by atoms with E-state index in [0.29, 0.717) is 19.0 Å². The van der Waals surface area contributed by atoms with Crippen molar-refractivity contribution in [2.45, 2.75) is 25.9 Å². The molecule has 0 atom stereocenters. The Morgan fingerprint density at radius 2 is 2.05 bits per heavy atom. The van der Waals surface area contributed by atoms with Gasteiger partial charge in [-0.2, -0.15) is 4.39 Å². The zero-order valence-electron chi connectivity index (χ0n) is 12.2. The van der Waals surface area contributed by atoms with E-state index in [9.17, 15) is 4.39 Å². The fourth-order valence-corrected chi connectivity index (χ4v) is 2.63. The molecule has 1 saturated heterocycles. The smallest absolute Gasteiger partial charge is 0.216 e. The van der Waals surface area contributed by atoms with Gasteiger partial charge in [0.15, 0.2) is 11.0 Å². The topological polar surface area (TPSA) is 51.1 Å². The Morgan fingerprint density at radius 3 is 2.77 bits per heavy atom. The van der Waals surface area contributed by atoms with Crippen molar-refractivity contribution in [1.82, 2.24) is 15.0 Å². The van der Waals surface area contributed by atoms with E-state index in [2.05, 4.69) is 15.0 Å². The van der Waals surface area contributed by atoms with Crippen LogP contribution >= 0.6 is 11.6 Å². The van der Waals surface area contributed by atoms with Gasteiger partial charge in [-0.3, -0.25) is 0 Å². The molecule has 0 saturated carbocycles. The Morgan fingerprint density at radius 1 is 1.27 bits per heavy atom. The van der Waals surface area contributed by atoms with Gasteiger partial charge in [-0.05, 0) is 13.0 Å². The molecule has 0 aromatic carbocycles. The molecular weight excluding hydrogens is 307 g/mol. The summed E-state index contributed by atoms with van der Waals surface area (Å²) in [4.78, 5) is 13.7. The van der Waals surface area contributed by atoms with Crippen LogP contribution in [0.3, 0.4) is 0 Å². The second-order valence-corrected chi connectivity index (χ2v) is 5.59. The van der Waals surface area contributed by atoms with E-state index in [-0.39, 0.29) is 17.1 Å². The van der Waals surface area contributed by atoms with Crippen molar-refractivity contribution in [2.75, 3.05) is 18.0 Å². The maximum absolute atomic E-state index is 13.9. The lowest BCUT2D eigenvalue weighted by Crippen LogP contribution is -2.39. The highest BCUT2D eigenvalue weighted by Crippen LogP contribution is 2.26. The van der Waals surface area contributed by atoms with E-state index in [1.165, 1.54) is 6.33 Å². The number of hydrogen-bond donors (Lipinski definition) is 0. The number of piperidine rings is 1. The normalized spacial score (nSPS) is 15.9. The second kappa shape index (κ2) is 6.44. The van der Waals surface area contributed by atoms with Crippen LogP contribution in [0.15, 0.2) is 24.7 Å². The van der Waals surface area contributed by atoms with E-state index < -0.39 is 5.82 Å². The third kappa shape index (κ3) is 3.11. The van der Waals surface area contributed by atoms with Crippen molar-refractivity contribution in [3.63, 3.8) is 0 Å². The van der Waals surface area contributed by atoms with Crippen molar-refractivity contribution in [3.05, 3.63) is 41.2 Å². The van der Waals surface area contributed by atoms with Gasteiger partial charge in [0.25, 0.3) is 0 Å². The van der Waals surface area contributed by atoms with Crippen LogP contribution in [0.5, 0.6) is 5.88 Å². The Hall–Kier alpha value is -1.95. The standard InChI is InChI=1S/C15H16ClFN4O/c1-10-3-2-6-18-15(10)22-11-4-7-21(8-5-11)14-12(17)13(16)19-9-20-14/h2-3,6,9,11H,4-5,7-8H2,1H3. The Balaban J connectivity index is 1.63. The van der Waals surface area contributed by atoms with Crippen molar-refractivity contribution < 1.29 is 9.13 Å². The van der Waals surface area contributed by atoms with Gasteiger partial charge in [0.05, 0.1) is 0 Å². The maximum atomic E-state index is 13.9. The molecule has 0 bridgehead atoms. The molecular formula is C15H16ClFN4O.